The van der Waals surface area contributed by atoms with Crippen LogP contribution in [0.3, 0.4) is 0 Å². The molecule has 1 aromatic heterocycles. The molecule has 7 nitrogen and oxygen atoms in total. The third kappa shape index (κ3) is 3.23. The van der Waals surface area contributed by atoms with E-state index >= 15 is 0 Å². The third-order valence-electron chi connectivity index (χ3n) is 4.38. The Kier molecular flexibility index (Phi) is 4.27. The molecular formula is C19H17N5O2. The quantitative estimate of drug-likeness (QED) is 0.528. The molecule has 1 fully saturated rings. The molecule has 4 rings (SSSR count). The fourth-order valence-corrected chi connectivity index (χ4v) is 3.00. The van der Waals surface area contributed by atoms with Crippen molar-refractivity contribution in [3.05, 3.63) is 64.7 Å². The number of hydrogen-bond acceptors (Lipinski definition) is 6. The highest BCUT2D eigenvalue weighted by atomic mass is 16.6. The number of anilines is 1. The monoisotopic (exact) mass is 347 g/mol. The van der Waals surface area contributed by atoms with Crippen molar-refractivity contribution in [1.29, 1.82) is 0 Å². The largest absolute Gasteiger partial charge is 0.341 e. The van der Waals surface area contributed by atoms with Crippen molar-refractivity contribution in [3.8, 4) is 22.8 Å². The maximum absolute atomic E-state index is 10.9. The van der Waals surface area contributed by atoms with Crippen molar-refractivity contribution >= 4 is 11.6 Å². The van der Waals surface area contributed by atoms with Gasteiger partial charge in [0.25, 0.3) is 5.69 Å². The van der Waals surface area contributed by atoms with Crippen molar-refractivity contribution in [1.82, 2.24) is 15.0 Å². The van der Waals surface area contributed by atoms with Gasteiger partial charge in [-0.1, -0.05) is 30.3 Å². The normalized spacial score (nSPS) is 13.8. The van der Waals surface area contributed by atoms with Crippen molar-refractivity contribution in [3.63, 3.8) is 0 Å². The van der Waals surface area contributed by atoms with Crippen LogP contribution in [0.2, 0.25) is 0 Å². The highest BCUT2D eigenvalue weighted by Crippen LogP contribution is 2.26. The molecule has 2 aromatic carbocycles. The Morgan fingerprint density at radius 2 is 1.38 bits per heavy atom. The molecule has 130 valence electrons. The Labute approximate surface area is 150 Å². The van der Waals surface area contributed by atoms with Crippen LogP contribution in [0.15, 0.2) is 54.6 Å². The highest BCUT2D eigenvalue weighted by molar-refractivity contribution is 5.64. The Morgan fingerprint density at radius 1 is 0.808 bits per heavy atom. The number of non-ortho nitro benzene ring substituents is 1. The van der Waals surface area contributed by atoms with Crippen LogP contribution in [0, 0.1) is 10.1 Å². The van der Waals surface area contributed by atoms with E-state index in [0.29, 0.717) is 17.6 Å². The summed E-state index contributed by atoms with van der Waals surface area (Å²) in [5, 5.41) is 10.9. The van der Waals surface area contributed by atoms with E-state index < -0.39 is 4.92 Å². The third-order valence-corrected chi connectivity index (χ3v) is 4.38. The van der Waals surface area contributed by atoms with Gasteiger partial charge in [-0.3, -0.25) is 10.1 Å². The smallest absolute Gasteiger partial charge is 0.269 e. The summed E-state index contributed by atoms with van der Waals surface area (Å²) in [5.74, 6) is 1.79. The number of hydrogen-bond donors (Lipinski definition) is 0. The molecule has 0 radical (unpaired) electrons. The van der Waals surface area contributed by atoms with Crippen LogP contribution in [-0.2, 0) is 0 Å². The molecule has 0 bridgehead atoms. The second-order valence-corrected chi connectivity index (χ2v) is 6.15. The first-order chi connectivity index (χ1) is 12.7. The Hall–Kier alpha value is -3.35. The van der Waals surface area contributed by atoms with Gasteiger partial charge in [0.15, 0.2) is 11.6 Å². The first-order valence-electron chi connectivity index (χ1n) is 8.52. The van der Waals surface area contributed by atoms with Crippen LogP contribution in [0.4, 0.5) is 11.6 Å². The first kappa shape index (κ1) is 16.1. The molecule has 1 aliphatic rings. The predicted molar refractivity (Wildman–Crippen MR) is 98.8 cm³/mol. The summed E-state index contributed by atoms with van der Waals surface area (Å²) in [6, 6.07) is 16.1. The fraction of sp³-hybridized carbons (Fsp3) is 0.211. The molecule has 3 aromatic rings. The lowest BCUT2D eigenvalue weighted by molar-refractivity contribution is -0.384. The molecule has 0 amide bonds. The standard InChI is InChI=1S/C19H17N5O2/c25-24(26)16-10-8-15(9-11-16)18-20-17(14-6-2-1-3-7-14)21-19(22-18)23-12-4-5-13-23/h1-3,6-11H,4-5,12-13H2. The summed E-state index contributed by atoms with van der Waals surface area (Å²) >= 11 is 0. The summed E-state index contributed by atoms with van der Waals surface area (Å²) in [4.78, 5) is 26.5. The second-order valence-electron chi connectivity index (χ2n) is 6.15. The molecule has 26 heavy (non-hydrogen) atoms. The summed E-state index contributed by atoms with van der Waals surface area (Å²) < 4.78 is 0. The number of nitro groups is 1. The minimum absolute atomic E-state index is 0.0471. The molecule has 7 heteroatoms. The lowest BCUT2D eigenvalue weighted by Gasteiger charge is -2.16. The van der Waals surface area contributed by atoms with Gasteiger partial charge in [-0.15, -0.1) is 0 Å². The zero-order chi connectivity index (χ0) is 17.9. The van der Waals surface area contributed by atoms with Gasteiger partial charge < -0.3 is 4.90 Å². The van der Waals surface area contributed by atoms with E-state index in [1.165, 1.54) is 12.1 Å². The zero-order valence-electron chi connectivity index (χ0n) is 14.1. The van der Waals surface area contributed by atoms with Crippen LogP contribution in [0.5, 0.6) is 0 Å². The van der Waals surface area contributed by atoms with E-state index in [1.807, 2.05) is 30.3 Å². The van der Waals surface area contributed by atoms with E-state index in [0.717, 1.165) is 37.1 Å². The van der Waals surface area contributed by atoms with E-state index in [4.69, 9.17) is 0 Å². The van der Waals surface area contributed by atoms with E-state index in [-0.39, 0.29) is 5.69 Å². The van der Waals surface area contributed by atoms with Crippen LogP contribution in [0.1, 0.15) is 12.8 Å². The van der Waals surface area contributed by atoms with E-state index in [1.54, 1.807) is 12.1 Å². The van der Waals surface area contributed by atoms with Crippen molar-refractivity contribution in [2.24, 2.45) is 0 Å². The Balaban J connectivity index is 1.80. The lowest BCUT2D eigenvalue weighted by Crippen LogP contribution is -2.21. The van der Waals surface area contributed by atoms with E-state index in [9.17, 15) is 10.1 Å². The SMILES string of the molecule is O=[N+]([O-])c1ccc(-c2nc(-c3ccccc3)nc(N3CCCC3)n2)cc1. The number of rotatable bonds is 4. The van der Waals surface area contributed by atoms with Gasteiger partial charge in [-0.25, -0.2) is 4.98 Å². The number of benzene rings is 2. The summed E-state index contributed by atoms with van der Waals surface area (Å²) in [7, 11) is 0. The van der Waals surface area contributed by atoms with Gasteiger partial charge >= 0.3 is 0 Å². The molecule has 1 aliphatic heterocycles. The molecule has 1 saturated heterocycles. The van der Waals surface area contributed by atoms with E-state index in [2.05, 4.69) is 19.9 Å². The highest BCUT2D eigenvalue weighted by Gasteiger charge is 2.19. The molecule has 0 saturated carbocycles. The average molecular weight is 347 g/mol. The molecule has 0 aliphatic carbocycles. The predicted octanol–water partition coefficient (Wildman–Crippen LogP) is 3.71. The van der Waals surface area contributed by atoms with Crippen LogP contribution in [-0.4, -0.2) is 33.0 Å². The van der Waals surface area contributed by atoms with Gasteiger partial charge in [0.05, 0.1) is 4.92 Å². The minimum Gasteiger partial charge on any atom is -0.341 e. The molecule has 0 unspecified atom stereocenters. The van der Waals surface area contributed by atoms with Crippen LogP contribution >= 0.6 is 0 Å². The number of aromatic nitrogens is 3. The number of nitrogens with zero attached hydrogens (tertiary/aromatic N) is 5. The van der Waals surface area contributed by atoms with Crippen LogP contribution in [0.25, 0.3) is 22.8 Å². The second kappa shape index (κ2) is 6.87. The maximum atomic E-state index is 10.9. The topological polar surface area (TPSA) is 85.0 Å². The summed E-state index contributed by atoms with van der Waals surface area (Å²) in [5.41, 5.74) is 1.69. The first-order valence-corrected chi connectivity index (χ1v) is 8.52. The maximum Gasteiger partial charge on any atom is 0.269 e. The summed E-state index contributed by atoms with van der Waals surface area (Å²) in [6.07, 6.45) is 2.25. The minimum atomic E-state index is -0.414. The van der Waals surface area contributed by atoms with Crippen LogP contribution < -0.4 is 4.90 Å². The van der Waals surface area contributed by atoms with Crippen molar-refractivity contribution in [2.75, 3.05) is 18.0 Å². The Bertz CT molecular complexity index is 922. The van der Waals surface area contributed by atoms with Crippen molar-refractivity contribution < 1.29 is 4.92 Å². The average Bonchev–Trinajstić information content (AvgIpc) is 3.23. The van der Waals surface area contributed by atoms with Crippen molar-refractivity contribution in [2.45, 2.75) is 12.8 Å². The zero-order valence-corrected chi connectivity index (χ0v) is 14.1. The molecular weight excluding hydrogens is 330 g/mol. The molecule has 0 spiro atoms. The van der Waals surface area contributed by atoms with Gasteiger partial charge in [0.2, 0.25) is 5.95 Å². The summed E-state index contributed by atoms with van der Waals surface area (Å²) in [6.45, 7) is 1.86. The Morgan fingerprint density at radius 3 is 1.96 bits per heavy atom. The van der Waals surface area contributed by atoms with Gasteiger partial charge in [-0.05, 0) is 25.0 Å². The fourth-order valence-electron chi connectivity index (χ4n) is 3.00. The van der Waals surface area contributed by atoms with Gasteiger partial charge in [-0.2, -0.15) is 9.97 Å². The molecule has 0 atom stereocenters. The number of nitro benzene ring substituents is 1. The molecule has 0 N–H and O–H groups in total. The van der Waals surface area contributed by atoms with Gasteiger partial charge in [0.1, 0.15) is 0 Å². The molecule has 2 heterocycles. The lowest BCUT2D eigenvalue weighted by atomic mass is 10.2. The van der Waals surface area contributed by atoms with Gasteiger partial charge in [0, 0.05) is 36.3 Å².